The van der Waals surface area contributed by atoms with Crippen LogP contribution in [0.15, 0.2) is 51.5 Å². The Morgan fingerprint density at radius 3 is 2.68 bits per heavy atom. The van der Waals surface area contributed by atoms with Crippen molar-refractivity contribution in [3.63, 3.8) is 0 Å². The number of sulfone groups is 1. The number of aromatic nitrogens is 2. The molecule has 1 N–H and O–H groups in total. The van der Waals surface area contributed by atoms with Crippen molar-refractivity contribution >= 4 is 76.9 Å². The average Bonchev–Trinajstić information content (AvgIpc) is 3.40. The Kier molecular flexibility index (Phi) is 4.62. The molecular weight excluding hydrogens is 480 g/mol. The van der Waals surface area contributed by atoms with E-state index in [1.807, 2.05) is 28.1 Å². The third-order valence-electron chi connectivity index (χ3n) is 4.45. The molecule has 5 rings (SSSR count). The highest BCUT2D eigenvalue weighted by Crippen LogP contribution is 2.33. The SMILES string of the molecule is CS(=O)(=O)C1=NN2C(=N)/C(=C/c3c(-c4ccc(Cl)cc4)nc4sccn34)C(=O)N=C2S1. The Morgan fingerprint density at radius 2 is 1.97 bits per heavy atom. The molecule has 2 aromatic heterocycles. The maximum Gasteiger partial charge on any atom is 0.283 e. The summed E-state index contributed by atoms with van der Waals surface area (Å²) in [6, 6.07) is 7.13. The normalized spacial score (nSPS) is 18.0. The van der Waals surface area contributed by atoms with E-state index in [1.54, 1.807) is 12.1 Å². The first-order chi connectivity index (χ1) is 14.7. The number of amidine groups is 2. The molecule has 2 aliphatic rings. The molecule has 0 fully saturated rings. The van der Waals surface area contributed by atoms with Crippen LogP contribution in [0.25, 0.3) is 22.3 Å². The van der Waals surface area contributed by atoms with Gasteiger partial charge in [0.1, 0.15) is 0 Å². The molecule has 0 radical (unpaired) electrons. The molecule has 0 aliphatic carbocycles. The summed E-state index contributed by atoms with van der Waals surface area (Å²) in [7, 11) is -3.60. The van der Waals surface area contributed by atoms with Gasteiger partial charge in [-0.05, 0) is 30.0 Å². The first-order valence-corrected chi connectivity index (χ1v) is 12.6. The molecule has 31 heavy (non-hydrogen) atoms. The van der Waals surface area contributed by atoms with Gasteiger partial charge >= 0.3 is 0 Å². The Balaban J connectivity index is 1.65. The second-order valence-electron chi connectivity index (χ2n) is 6.57. The number of thiazole rings is 1. The number of aliphatic imine (C=N–C) groups is 1. The van der Waals surface area contributed by atoms with Crippen molar-refractivity contribution < 1.29 is 13.2 Å². The van der Waals surface area contributed by atoms with Crippen LogP contribution in [-0.2, 0) is 14.6 Å². The van der Waals surface area contributed by atoms with E-state index in [4.69, 9.17) is 17.0 Å². The van der Waals surface area contributed by atoms with Crippen molar-refractivity contribution in [1.82, 2.24) is 14.4 Å². The molecule has 13 heteroatoms. The molecule has 0 saturated heterocycles. The number of carbonyl (C=O) groups is 1. The van der Waals surface area contributed by atoms with Crippen LogP contribution in [-0.4, -0.2) is 50.4 Å². The van der Waals surface area contributed by atoms with Crippen molar-refractivity contribution in [2.45, 2.75) is 0 Å². The van der Waals surface area contributed by atoms with Gasteiger partial charge in [0.25, 0.3) is 5.91 Å². The van der Waals surface area contributed by atoms with E-state index in [-0.39, 0.29) is 21.0 Å². The maximum absolute atomic E-state index is 12.7. The van der Waals surface area contributed by atoms with Crippen LogP contribution in [0.3, 0.4) is 0 Å². The monoisotopic (exact) mass is 490 g/mol. The van der Waals surface area contributed by atoms with Crippen LogP contribution in [0.2, 0.25) is 5.02 Å². The van der Waals surface area contributed by atoms with Gasteiger partial charge in [0.2, 0.25) is 19.4 Å². The first kappa shape index (κ1) is 20.1. The summed E-state index contributed by atoms with van der Waals surface area (Å²) < 4.78 is 25.2. The summed E-state index contributed by atoms with van der Waals surface area (Å²) in [5.41, 5.74) is 1.97. The average molecular weight is 491 g/mol. The van der Waals surface area contributed by atoms with E-state index in [1.165, 1.54) is 17.4 Å². The van der Waals surface area contributed by atoms with Gasteiger partial charge in [0, 0.05) is 28.4 Å². The fraction of sp³-hybridized carbons (Fsp3) is 0.0556. The highest BCUT2D eigenvalue weighted by molar-refractivity contribution is 8.42. The molecule has 0 spiro atoms. The van der Waals surface area contributed by atoms with Gasteiger partial charge in [-0.25, -0.2) is 13.4 Å². The highest BCUT2D eigenvalue weighted by Gasteiger charge is 2.38. The number of fused-ring (bicyclic) bond motifs is 2. The van der Waals surface area contributed by atoms with Gasteiger partial charge in [-0.3, -0.25) is 14.6 Å². The molecule has 0 unspecified atom stereocenters. The lowest BCUT2D eigenvalue weighted by molar-refractivity contribution is -0.114. The lowest BCUT2D eigenvalue weighted by Gasteiger charge is -2.20. The zero-order valence-electron chi connectivity index (χ0n) is 15.6. The van der Waals surface area contributed by atoms with Gasteiger partial charge in [-0.2, -0.15) is 10.0 Å². The minimum atomic E-state index is -3.60. The number of hydrogen-bond donors (Lipinski definition) is 1. The standard InChI is InChI=1S/C18H11ClN6O3S3/c1-31(27,28)18-23-25-14(20)11(15(26)22-17(25)30-18)8-12-13(9-2-4-10(19)5-3-9)21-16-24(12)6-7-29-16/h2-8,20H,1H3/b11-8-,20-14?. The number of thioether (sulfide) groups is 1. The van der Waals surface area contributed by atoms with Crippen molar-refractivity contribution in [2.75, 3.05) is 6.26 Å². The number of halogens is 1. The van der Waals surface area contributed by atoms with Gasteiger partial charge < -0.3 is 0 Å². The number of carbonyl (C=O) groups excluding carboxylic acids is 1. The largest absolute Gasteiger partial charge is 0.290 e. The fourth-order valence-corrected chi connectivity index (χ4v) is 5.55. The van der Waals surface area contributed by atoms with Gasteiger partial charge in [0.05, 0.1) is 17.0 Å². The maximum atomic E-state index is 12.7. The third-order valence-corrected chi connectivity index (χ3v) is 8.04. The molecule has 156 valence electrons. The molecule has 1 amide bonds. The second kappa shape index (κ2) is 7.12. The van der Waals surface area contributed by atoms with E-state index < -0.39 is 15.7 Å². The molecule has 3 aromatic rings. The summed E-state index contributed by atoms with van der Waals surface area (Å²) in [5, 5.41) is 16.0. The van der Waals surface area contributed by atoms with Gasteiger partial charge in [-0.1, -0.05) is 23.7 Å². The van der Waals surface area contributed by atoms with Crippen molar-refractivity contribution in [2.24, 2.45) is 10.1 Å². The zero-order chi connectivity index (χ0) is 21.9. The van der Waals surface area contributed by atoms with Crippen molar-refractivity contribution in [1.29, 1.82) is 5.41 Å². The minimum absolute atomic E-state index is 0.0222. The van der Waals surface area contributed by atoms with Crippen LogP contribution >= 0.6 is 34.7 Å². The Labute approximate surface area is 189 Å². The van der Waals surface area contributed by atoms with Gasteiger partial charge in [-0.15, -0.1) is 16.4 Å². The molecular formula is C18H11ClN6O3S3. The van der Waals surface area contributed by atoms with E-state index in [0.717, 1.165) is 28.6 Å². The Morgan fingerprint density at radius 1 is 1.23 bits per heavy atom. The fourth-order valence-electron chi connectivity index (χ4n) is 3.02. The molecule has 9 nitrogen and oxygen atoms in total. The number of imidazole rings is 1. The Bertz CT molecular complexity index is 1480. The molecule has 0 saturated carbocycles. The van der Waals surface area contributed by atoms with E-state index in [0.29, 0.717) is 21.4 Å². The summed E-state index contributed by atoms with van der Waals surface area (Å²) in [6.45, 7) is 0. The number of nitrogens with one attached hydrogen (secondary N) is 1. The number of benzene rings is 1. The topological polar surface area (TPSA) is 120 Å². The zero-order valence-corrected chi connectivity index (χ0v) is 18.8. The van der Waals surface area contributed by atoms with Crippen LogP contribution < -0.4 is 0 Å². The molecule has 1 aromatic carbocycles. The summed E-state index contributed by atoms with van der Waals surface area (Å²) >= 11 is 8.18. The first-order valence-electron chi connectivity index (χ1n) is 8.64. The van der Waals surface area contributed by atoms with Crippen molar-refractivity contribution in [3.05, 3.63) is 52.1 Å². The van der Waals surface area contributed by atoms with E-state index >= 15 is 0 Å². The van der Waals surface area contributed by atoms with Crippen molar-refractivity contribution in [3.8, 4) is 11.3 Å². The molecule has 4 heterocycles. The lowest BCUT2D eigenvalue weighted by atomic mass is 10.1. The highest BCUT2D eigenvalue weighted by atomic mass is 35.5. The number of nitrogens with zero attached hydrogens (tertiary/aromatic N) is 5. The quantitative estimate of drug-likeness (QED) is 0.550. The minimum Gasteiger partial charge on any atom is -0.290 e. The molecule has 2 aliphatic heterocycles. The predicted octanol–water partition coefficient (Wildman–Crippen LogP) is 3.34. The van der Waals surface area contributed by atoms with Gasteiger partial charge in [0.15, 0.2) is 10.8 Å². The number of hydrazone groups is 1. The van der Waals surface area contributed by atoms with E-state index in [2.05, 4.69) is 15.1 Å². The Hall–Kier alpha value is -2.80. The van der Waals surface area contributed by atoms with Crippen LogP contribution in [0.5, 0.6) is 0 Å². The third kappa shape index (κ3) is 3.41. The lowest BCUT2D eigenvalue weighted by Crippen LogP contribution is -2.35. The number of rotatable bonds is 2. The second-order valence-corrected chi connectivity index (χ2v) is 11.0. The smallest absolute Gasteiger partial charge is 0.283 e. The number of amides is 1. The molecule has 0 atom stereocenters. The summed E-state index contributed by atoms with van der Waals surface area (Å²) in [5.74, 6) is -0.908. The van der Waals surface area contributed by atoms with Crippen LogP contribution in [0.4, 0.5) is 0 Å². The summed E-state index contributed by atoms with van der Waals surface area (Å²) in [6.07, 6.45) is 4.36. The van der Waals surface area contributed by atoms with E-state index in [9.17, 15) is 13.2 Å². The molecule has 0 bridgehead atoms. The van der Waals surface area contributed by atoms with Crippen LogP contribution in [0, 0.1) is 5.41 Å². The number of hydrogen-bond acceptors (Lipinski definition) is 8. The predicted molar refractivity (Wildman–Crippen MR) is 123 cm³/mol. The van der Waals surface area contributed by atoms with Crippen LogP contribution in [0.1, 0.15) is 5.69 Å². The summed E-state index contributed by atoms with van der Waals surface area (Å²) in [4.78, 5) is 22.0.